The van der Waals surface area contributed by atoms with Gasteiger partial charge in [0.1, 0.15) is 11.9 Å². The van der Waals surface area contributed by atoms with Crippen LogP contribution in [0.25, 0.3) is 0 Å². The fraction of sp³-hybridized carbons (Fsp3) is 0.381. The van der Waals surface area contributed by atoms with Crippen molar-refractivity contribution in [3.8, 4) is 0 Å². The molecule has 0 aliphatic heterocycles. The summed E-state index contributed by atoms with van der Waals surface area (Å²) in [7, 11) is -3.75. The second-order valence-corrected chi connectivity index (χ2v) is 8.91. The van der Waals surface area contributed by atoms with Crippen molar-refractivity contribution in [3.63, 3.8) is 0 Å². The summed E-state index contributed by atoms with van der Waals surface area (Å²) in [5, 5.41) is 2.93. The minimum atomic E-state index is -3.75. The van der Waals surface area contributed by atoms with Gasteiger partial charge in [0.15, 0.2) is 0 Å². The Hall–Kier alpha value is -2.41. The number of rotatable bonds is 7. The van der Waals surface area contributed by atoms with E-state index in [-0.39, 0.29) is 18.2 Å². The van der Waals surface area contributed by atoms with Crippen molar-refractivity contribution in [2.24, 2.45) is 0 Å². The largest absolute Gasteiger partial charge is 0.348 e. The molecule has 0 heterocycles. The van der Waals surface area contributed by atoms with Gasteiger partial charge >= 0.3 is 0 Å². The average molecular weight is 407 g/mol. The molecule has 0 aromatic heterocycles. The Balaban J connectivity index is 2.33. The van der Waals surface area contributed by atoms with E-state index in [2.05, 4.69) is 5.32 Å². The summed E-state index contributed by atoms with van der Waals surface area (Å²) in [6.07, 6.45) is 1.32. The van der Waals surface area contributed by atoms with Gasteiger partial charge in [-0.3, -0.25) is 9.10 Å². The van der Waals surface area contributed by atoms with Crippen LogP contribution in [0.5, 0.6) is 0 Å². The molecule has 2 rings (SSSR count). The fourth-order valence-corrected chi connectivity index (χ4v) is 4.47. The van der Waals surface area contributed by atoms with Crippen LogP contribution in [0, 0.1) is 19.7 Å². The lowest BCUT2D eigenvalue weighted by atomic mass is 9.99. The molecule has 0 spiro atoms. The van der Waals surface area contributed by atoms with Gasteiger partial charge in [0.25, 0.3) is 0 Å². The predicted molar refractivity (Wildman–Crippen MR) is 110 cm³/mol. The van der Waals surface area contributed by atoms with E-state index < -0.39 is 27.8 Å². The molecular formula is C21H27FN2O3S. The van der Waals surface area contributed by atoms with Crippen LogP contribution in [0.1, 0.15) is 43.0 Å². The van der Waals surface area contributed by atoms with E-state index in [1.54, 1.807) is 6.92 Å². The Labute approximate surface area is 166 Å². The number of nitrogens with one attached hydrogen (secondary N) is 1. The number of halogens is 1. The number of nitrogens with zero attached hydrogens (tertiary/aromatic N) is 1. The van der Waals surface area contributed by atoms with Crippen LogP contribution in [-0.2, 0) is 14.8 Å². The van der Waals surface area contributed by atoms with Crippen molar-refractivity contribution in [1.82, 2.24) is 5.32 Å². The summed E-state index contributed by atoms with van der Waals surface area (Å²) in [5.41, 5.74) is 3.36. The lowest BCUT2D eigenvalue weighted by molar-refractivity contribution is -0.122. The smallest absolute Gasteiger partial charge is 0.244 e. The van der Waals surface area contributed by atoms with Crippen LogP contribution < -0.4 is 9.62 Å². The van der Waals surface area contributed by atoms with Gasteiger partial charge in [-0.15, -0.1) is 0 Å². The summed E-state index contributed by atoms with van der Waals surface area (Å²) in [5.74, 6) is -0.871. The van der Waals surface area contributed by atoms with Crippen LogP contribution in [0.3, 0.4) is 0 Å². The second kappa shape index (κ2) is 8.73. The van der Waals surface area contributed by atoms with Crippen molar-refractivity contribution in [2.75, 3.05) is 10.6 Å². The SMILES string of the molecule is CC[C@@H](C(=O)N[C@@H](C)c1cc(C)ccc1C)N(c1ccc(F)cc1)S(C)(=O)=O. The Bertz CT molecular complexity index is 943. The molecule has 0 aliphatic carbocycles. The molecule has 2 aromatic carbocycles. The number of carbonyl (C=O) groups excluding carboxylic acids is 1. The van der Waals surface area contributed by atoms with Gasteiger partial charge in [0.2, 0.25) is 15.9 Å². The standard InChI is InChI=1S/C21H27FN2O3S/c1-6-20(24(28(5,26)27)18-11-9-17(22)10-12-18)21(25)23-16(4)19-13-14(2)7-8-15(19)3/h7-13,16,20H,6H2,1-5H3,(H,23,25)/t16-,20-/m0/s1. The molecule has 152 valence electrons. The van der Waals surface area contributed by atoms with Crippen molar-refractivity contribution < 1.29 is 17.6 Å². The predicted octanol–water partition coefficient (Wildman–Crippen LogP) is 3.86. The molecule has 1 amide bonds. The van der Waals surface area contributed by atoms with Gasteiger partial charge in [-0.1, -0.05) is 30.7 Å². The van der Waals surface area contributed by atoms with E-state index >= 15 is 0 Å². The third-order valence-corrected chi connectivity index (χ3v) is 5.85. The minimum absolute atomic E-state index is 0.255. The zero-order valence-electron chi connectivity index (χ0n) is 16.9. The Morgan fingerprint density at radius 3 is 2.29 bits per heavy atom. The van der Waals surface area contributed by atoms with E-state index in [1.165, 1.54) is 24.3 Å². The Morgan fingerprint density at radius 1 is 1.14 bits per heavy atom. The number of sulfonamides is 1. The maximum atomic E-state index is 13.3. The van der Waals surface area contributed by atoms with Crippen molar-refractivity contribution in [2.45, 2.75) is 46.2 Å². The zero-order chi connectivity index (χ0) is 21.1. The first-order chi connectivity index (χ1) is 13.0. The monoisotopic (exact) mass is 406 g/mol. The molecular weight excluding hydrogens is 379 g/mol. The maximum Gasteiger partial charge on any atom is 0.244 e. The molecule has 1 N–H and O–H groups in total. The molecule has 0 saturated heterocycles. The van der Waals surface area contributed by atoms with E-state index in [1.807, 2.05) is 39.0 Å². The normalized spacial score (nSPS) is 13.6. The van der Waals surface area contributed by atoms with E-state index in [0.717, 1.165) is 27.3 Å². The topological polar surface area (TPSA) is 66.5 Å². The van der Waals surface area contributed by atoms with Gasteiger partial charge in [0, 0.05) is 0 Å². The molecule has 0 bridgehead atoms. The third kappa shape index (κ3) is 5.10. The Kier molecular flexibility index (Phi) is 6.82. The lowest BCUT2D eigenvalue weighted by Crippen LogP contribution is -2.49. The molecule has 7 heteroatoms. The molecule has 0 unspecified atom stereocenters. The number of amides is 1. The number of hydrogen-bond donors (Lipinski definition) is 1. The maximum absolute atomic E-state index is 13.3. The van der Waals surface area contributed by atoms with Gasteiger partial charge in [0.05, 0.1) is 18.0 Å². The first-order valence-electron chi connectivity index (χ1n) is 9.17. The zero-order valence-corrected chi connectivity index (χ0v) is 17.7. The van der Waals surface area contributed by atoms with E-state index in [4.69, 9.17) is 0 Å². The fourth-order valence-electron chi connectivity index (χ4n) is 3.26. The van der Waals surface area contributed by atoms with Gasteiger partial charge in [-0.05, 0) is 62.6 Å². The highest BCUT2D eigenvalue weighted by Crippen LogP contribution is 2.24. The number of anilines is 1. The van der Waals surface area contributed by atoms with Gasteiger partial charge < -0.3 is 5.32 Å². The molecule has 2 aromatic rings. The summed E-state index contributed by atoms with van der Waals surface area (Å²) < 4.78 is 39.2. The molecule has 0 saturated carbocycles. The quantitative estimate of drug-likeness (QED) is 0.759. The molecule has 0 fully saturated rings. The highest BCUT2D eigenvalue weighted by atomic mass is 32.2. The molecule has 28 heavy (non-hydrogen) atoms. The molecule has 0 radical (unpaired) electrons. The van der Waals surface area contributed by atoms with Crippen LogP contribution in [0.2, 0.25) is 0 Å². The van der Waals surface area contributed by atoms with Gasteiger partial charge in [-0.2, -0.15) is 0 Å². The van der Waals surface area contributed by atoms with Crippen molar-refractivity contribution >= 4 is 21.6 Å². The number of hydrogen-bond acceptors (Lipinski definition) is 3. The highest BCUT2D eigenvalue weighted by molar-refractivity contribution is 7.92. The first-order valence-corrected chi connectivity index (χ1v) is 11.0. The lowest BCUT2D eigenvalue weighted by Gasteiger charge is -2.31. The third-order valence-electron chi connectivity index (χ3n) is 4.67. The van der Waals surface area contributed by atoms with Gasteiger partial charge in [-0.25, -0.2) is 12.8 Å². The summed E-state index contributed by atoms with van der Waals surface area (Å²) in [6.45, 7) is 7.56. The highest BCUT2D eigenvalue weighted by Gasteiger charge is 2.32. The molecule has 2 atom stereocenters. The summed E-state index contributed by atoms with van der Waals surface area (Å²) in [4.78, 5) is 13.0. The van der Waals surface area contributed by atoms with Crippen LogP contribution >= 0.6 is 0 Å². The summed E-state index contributed by atoms with van der Waals surface area (Å²) in [6, 6.07) is 9.86. The number of aryl methyl sites for hydroxylation is 2. The van der Waals surface area contributed by atoms with E-state index in [9.17, 15) is 17.6 Å². The summed E-state index contributed by atoms with van der Waals surface area (Å²) >= 11 is 0. The first kappa shape index (κ1) is 21.9. The Morgan fingerprint density at radius 2 is 1.75 bits per heavy atom. The van der Waals surface area contributed by atoms with Crippen LogP contribution in [0.15, 0.2) is 42.5 Å². The molecule has 0 aliphatic rings. The number of carbonyl (C=O) groups is 1. The number of benzene rings is 2. The van der Waals surface area contributed by atoms with Crippen LogP contribution in [0.4, 0.5) is 10.1 Å². The van der Waals surface area contributed by atoms with Crippen LogP contribution in [-0.4, -0.2) is 26.6 Å². The second-order valence-electron chi connectivity index (χ2n) is 7.05. The van der Waals surface area contributed by atoms with Crippen molar-refractivity contribution in [1.29, 1.82) is 0 Å². The molecule has 5 nitrogen and oxygen atoms in total. The average Bonchev–Trinajstić information content (AvgIpc) is 2.61. The van der Waals surface area contributed by atoms with Crippen molar-refractivity contribution in [3.05, 3.63) is 65.0 Å². The van der Waals surface area contributed by atoms with E-state index in [0.29, 0.717) is 0 Å². The minimum Gasteiger partial charge on any atom is -0.348 e.